The van der Waals surface area contributed by atoms with Crippen molar-refractivity contribution in [2.45, 2.75) is 30.9 Å². The first-order chi connectivity index (χ1) is 9.20. The second kappa shape index (κ2) is 6.85. The van der Waals surface area contributed by atoms with Crippen LogP contribution in [0.15, 0.2) is 24.3 Å². The van der Waals surface area contributed by atoms with Gasteiger partial charge in [0, 0.05) is 36.4 Å². The summed E-state index contributed by atoms with van der Waals surface area (Å²) >= 11 is 1.84. The lowest BCUT2D eigenvalue weighted by molar-refractivity contribution is -0.121. The first-order valence-electron chi connectivity index (χ1n) is 6.83. The Morgan fingerprint density at radius 1 is 1.53 bits per heavy atom. The van der Waals surface area contributed by atoms with E-state index in [0.717, 1.165) is 19.5 Å². The molecule has 2 unspecified atom stereocenters. The average molecular weight is 278 g/mol. The molecule has 1 aromatic carbocycles. The van der Waals surface area contributed by atoms with Gasteiger partial charge < -0.3 is 10.6 Å². The summed E-state index contributed by atoms with van der Waals surface area (Å²) in [6.45, 7) is 3.84. The SMILES string of the molecule is CSC(C)CCNC(=O)CC1CNc2ccccc21. The third-order valence-corrected chi connectivity index (χ3v) is 4.69. The summed E-state index contributed by atoms with van der Waals surface area (Å²) < 4.78 is 0. The lowest BCUT2D eigenvalue weighted by Gasteiger charge is -2.12. The number of para-hydroxylation sites is 1. The second-order valence-corrected chi connectivity index (χ2v) is 6.33. The van der Waals surface area contributed by atoms with Gasteiger partial charge in [0.1, 0.15) is 0 Å². The molecule has 4 heteroatoms. The van der Waals surface area contributed by atoms with E-state index in [1.807, 2.05) is 23.9 Å². The zero-order valence-electron chi connectivity index (χ0n) is 11.6. The van der Waals surface area contributed by atoms with Gasteiger partial charge in [-0.1, -0.05) is 25.1 Å². The molecule has 0 saturated carbocycles. The number of rotatable bonds is 6. The molecule has 1 heterocycles. The number of fused-ring (bicyclic) bond motifs is 1. The number of carbonyl (C=O) groups is 1. The Bertz CT molecular complexity index is 436. The molecule has 1 aromatic rings. The fraction of sp³-hybridized carbons (Fsp3) is 0.533. The highest BCUT2D eigenvalue weighted by Gasteiger charge is 2.23. The molecule has 0 saturated heterocycles. The van der Waals surface area contributed by atoms with Crippen molar-refractivity contribution in [3.8, 4) is 0 Å². The minimum absolute atomic E-state index is 0.164. The van der Waals surface area contributed by atoms with Gasteiger partial charge >= 0.3 is 0 Å². The average Bonchev–Trinajstić information content (AvgIpc) is 2.82. The van der Waals surface area contributed by atoms with Crippen molar-refractivity contribution in [2.75, 3.05) is 24.7 Å². The maximum absolute atomic E-state index is 11.9. The Labute approximate surface area is 119 Å². The summed E-state index contributed by atoms with van der Waals surface area (Å²) in [4.78, 5) is 11.9. The number of nitrogens with one attached hydrogen (secondary N) is 2. The number of carbonyl (C=O) groups excluding carboxylic acids is 1. The molecule has 0 radical (unpaired) electrons. The topological polar surface area (TPSA) is 41.1 Å². The van der Waals surface area contributed by atoms with Crippen molar-refractivity contribution in [3.63, 3.8) is 0 Å². The van der Waals surface area contributed by atoms with Gasteiger partial charge in [-0.15, -0.1) is 0 Å². The van der Waals surface area contributed by atoms with Gasteiger partial charge in [-0.05, 0) is 24.3 Å². The van der Waals surface area contributed by atoms with Crippen LogP contribution in [0.25, 0.3) is 0 Å². The highest BCUT2D eigenvalue weighted by molar-refractivity contribution is 7.99. The Hall–Kier alpha value is -1.16. The third-order valence-electron chi connectivity index (χ3n) is 3.65. The standard InChI is InChI=1S/C15H22N2OS/c1-11(19-2)7-8-16-15(18)9-12-10-17-14-6-4-3-5-13(12)14/h3-6,11-12,17H,7-10H2,1-2H3,(H,16,18). The van der Waals surface area contributed by atoms with E-state index in [-0.39, 0.29) is 5.91 Å². The van der Waals surface area contributed by atoms with Gasteiger partial charge in [0.05, 0.1) is 0 Å². The van der Waals surface area contributed by atoms with Crippen molar-refractivity contribution in [2.24, 2.45) is 0 Å². The summed E-state index contributed by atoms with van der Waals surface area (Å²) in [5.41, 5.74) is 2.45. The smallest absolute Gasteiger partial charge is 0.220 e. The Morgan fingerprint density at radius 3 is 3.11 bits per heavy atom. The van der Waals surface area contributed by atoms with E-state index in [4.69, 9.17) is 0 Å². The molecule has 0 fully saturated rings. The fourth-order valence-corrected chi connectivity index (χ4v) is 2.72. The second-order valence-electron chi connectivity index (χ2n) is 5.05. The number of amides is 1. The van der Waals surface area contributed by atoms with Crippen molar-refractivity contribution < 1.29 is 4.79 Å². The fourth-order valence-electron chi connectivity index (χ4n) is 2.37. The lowest BCUT2D eigenvalue weighted by atomic mass is 9.97. The molecule has 1 aliphatic rings. The first kappa shape index (κ1) is 14.3. The maximum Gasteiger partial charge on any atom is 0.220 e. The summed E-state index contributed by atoms with van der Waals surface area (Å²) in [5.74, 6) is 0.478. The van der Waals surface area contributed by atoms with Crippen LogP contribution in [0, 0.1) is 0 Å². The van der Waals surface area contributed by atoms with E-state index in [1.165, 1.54) is 11.3 Å². The number of anilines is 1. The first-order valence-corrected chi connectivity index (χ1v) is 8.11. The molecule has 2 N–H and O–H groups in total. The number of benzene rings is 1. The largest absolute Gasteiger partial charge is 0.384 e. The van der Waals surface area contributed by atoms with Gasteiger partial charge in [-0.2, -0.15) is 11.8 Å². The predicted molar refractivity (Wildman–Crippen MR) is 82.9 cm³/mol. The van der Waals surface area contributed by atoms with Crippen molar-refractivity contribution >= 4 is 23.4 Å². The van der Waals surface area contributed by atoms with E-state index in [2.05, 4.69) is 35.9 Å². The Kier molecular flexibility index (Phi) is 5.14. The van der Waals surface area contributed by atoms with E-state index in [0.29, 0.717) is 17.6 Å². The van der Waals surface area contributed by atoms with Gasteiger partial charge in [-0.3, -0.25) is 4.79 Å². The number of hydrogen-bond donors (Lipinski definition) is 2. The summed E-state index contributed by atoms with van der Waals surface area (Å²) in [6, 6.07) is 8.26. The van der Waals surface area contributed by atoms with E-state index in [9.17, 15) is 4.79 Å². The summed E-state index contributed by atoms with van der Waals surface area (Å²) in [6.07, 6.45) is 3.72. The summed E-state index contributed by atoms with van der Waals surface area (Å²) in [7, 11) is 0. The van der Waals surface area contributed by atoms with Gasteiger partial charge in [-0.25, -0.2) is 0 Å². The molecule has 104 valence electrons. The molecule has 19 heavy (non-hydrogen) atoms. The van der Waals surface area contributed by atoms with Gasteiger partial charge in [0.25, 0.3) is 0 Å². The monoisotopic (exact) mass is 278 g/mol. The van der Waals surface area contributed by atoms with E-state index in [1.54, 1.807) is 0 Å². The Balaban J connectivity index is 1.78. The highest BCUT2D eigenvalue weighted by Crippen LogP contribution is 2.32. The quantitative estimate of drug-likeness (QED) is 0.840. The van der Waals surface area contributed by atoms with Crippen LogP contribution in [0.1, 0.15) is 31.2 Å². The zero-order valence-corrected chi connectivity index (χ0v) is 12.4. The van der Waals surface area contributed by atoms with Crippen molar-refractivity contribution in [1.82, 2.24) is 5.32 Å². The van der Waals surface area contributed by atoms with Crippen molar-refractivity contribution in [1.29, 1.82) is 0 Å². The molecule has 0 bridgehead atoms. The highest BCUT2D eigenvalue weighted by atomic mass is 32.2. The van der Waals surface area contributed by atoms with Crippen LogP contribution in [0.4, 0.5) is 5.69 Å². The molecular formula is C15H22N2OS. The molecule has 0 aliphatic carbocycles. The zero-order chi connectivity index (χ0) is 13.7. The Morgan fingerprint density at radius 2 is 2.32 bits per heavy atom. The third kappa shape index (κ3) is 3.90. The molecule has 1 amide bonds. The van der Waals surface area contributed by atoms with Crippen LogP contribution in [-0.2, 0) is 4.79 Å². The van der Waals surface area contributed by atoms with Crippen LogP contribution in [0.3, 0.4) is 0 Å². The molecular weight excluding hydrogens is 256 g/mol. The minimum atomic E-state index is 0.164. The van der Waals surface area contributed by atoms with E-state index < -0.39 is 0 Å². The van der Waals surface area contributed by atoms with Gasteiger partial charge in [0.2, 0.25) is 5.91 Å². The summed E-state index contributed by atoms with van der Waals surface area (Å²) in [5, 5.41) is 6.99. The molecule has 0 aromatic heterocycles. The lowest BCUT2D eigenvalue weighted by Crippen LogP contribution is -2.27. The van der Waals surface area contributed by atoms with Crippen LogP contribution in [0.5, 0.6) is 0 Å². The molecule has 2 rings (SSSR count). The molecule has 3 nitrogen and oxygen atoms in total. The molecule has 2 atom stereocenters. The van der Waals surface area contributed by atoms with Crippen LogP contribution in [-0.4, -0.2) is 30.5 Å². The molecule has 1 aliphatic heterocycles. The van der Waals surface area contributed by atoms with Crippen LogP contribution >= 0.6 is 11.8 Å². The number of thioether (sulfide) groups is 1. The maximum atomic E-state index is 11.9. The van der Waals surface area contributed by atoms with Gasteiger partial charge in [0.15, 0.2) is 0 Å². The normalized spacial score (nSPS) is 18.5. The van der Waals surface area contributed by atoms with Crippen molar-refractivity contribution in [3.05, 3.63) is 29.8 Å². The van der Waals surface area contributed by atoms with Crippen LogP contribution in [0.2, 0.25) is 0 Å². The predicted octanol–water partition coefficient (Wildman–Crippen LogP) is 2.84. The number of hydrogen-bond acceptors (Lipinski definition) is 3. The minimum Gasteiger partial charge on any atom is -0.384 e. The van der Waals surface area contributed by atoms with Crippen LogP contribution < -0.4 is 10.6 Å². The molecule has 0 spiro atoms. The van der Waals surface area contributed by atoms with E-state index >= 15 is 0 Å².